The van der Waals surface area contributed by atoms with Crippen LogP contribution in [-0.2, 0) is 0 Å². The third-order valence-corrected chi connectivity index (χ3v) is 28.2. The summed E-state index contributed by atoms with van der Waals surface area (Å²) in [5.74, 6) is 3.23. The normalized spacial score (nSPS) is 12.0. The summed E-state index contributed by atoms with van der Waals surface area (Å²) >= 11 is 5.53. The van der Waals surface area contributed by atoms with Gasteiger partial charge < -0.3 is 4.57 Å². The van der Waals surface area contributed by atoms with Crippen molar-refractivity contribution in [2.75, 3.05) is 0 Å². The van der Waals surface area contributed by atoms with E-state index in [4.69, 9.17) is 29.9 Å². The van der Waals surface area contributed by atoms with E-state index in [1.807, 2.05) is 132 Å². The molecule has 12 nitrogen and oxygen atoms in total. The van der Waals surface area contributed by atoms with Crippen LogP contribution in [0.2, 0.25) is 0 Å². The first kappa shape index (κ1) is 70.0. The van der Waals surface area contributed by atoms with E-state index >= 15 is 0 Å². The van der Waals surface area contributed by atoms with E-state index in [9.17, 15) is 0 Å². The third kappa shape index (κ3) is 10.6. The minimum absolute atomic E-state index is 0.719. The molecule has 0 saturated heterocycles. The van der Waals surface area contributed by atoms with Crippen molar-refractivity contribution in [3.63, 3.8) is 0 Å². The predicted molar refractivity (Wildman–Crippen MR) is 520 cm³/mol. The van der Waals surface area contributed by atoms with Gasteiger partial charge in [-0.05, 0) is 119 Å². The molecule has 28 aromatic rings. The van der Waals surface area contributed by atoms with Crippen molar-refractivity contribution in [3.8, 4) is 51.4 Å². The molecule has 13 aromatic heterocycles. The Morgan fingerprint density at radius 3 is 1.19 bits per heavy atom. The molecule has 124 heavy (non-hydrogen) atoms. The second-order valence-corrected chi connectivity index (χ2v) is 34.5. The second-order valence-electron chi connectivity index (χ2n) is 31.4. The minimum Gasteiger partial charge on any atom is -0.309 e. The van der Waals surface area contributed by atoms with Gasteiger partial charge in [0, 0.05) is 196 Å². The molecule has 28 rings (SSSR count). The van der Waals surface area contributed by atoms with Crippen molar-refractivity contribution < 1.29 is 0 Å². The molecule has 576 valence electrons. The summed E-state index contributed by atoms with van der Waals surface area (Å²) in [5.41, 5.74) is 15.8. The number of para-hydroxylation sites is 4. The van der Waals surface area contributed by atoms with Crippen LogP contribution in [0.4, 0.5) is 0 Å². The number of hydrogen-bond acceptors (Lipinski definition) is 12. The van der Waals surface area contributed by atoms with Gasteiger partial charge in [-0.1, -0.05) is 231 Å². The molecule has 15 heteroatoms. The van der Waals surface area contributed by atoms with Gasteiger partial charge in [0.1, 0.15) is 11.6 Å². The number of pyridine rings is 5. The van der Waals surface area contributed by atoms with E-state index in [0.717, 1.165) is 106 Å². The van der Waals surface area contributed by atoms with Crippen LogP contribution in [0.25, 0.3) is 253 Å². The Kier molecular flexibility index (Phi) is 15.7. The van der Waals surface area contributed by atoms with Gasteiger partial charge in [0.2, 0.25) is 0 Å². The Morgan fingerprint density at radius 2 is 0.653 bits per heavy atom. The molecular formula is C109H62N12S3. The zero-order chi connectivity index (χ0) is 81.2. The van der Waals surface area contributed by atoms with Crippen LogP contribution in [0.1, 0.15) is 0 Å². The molecule has 0 aliphatic rings. The summed E-state index contributed by atoms with van der Waals surface area (Å²) in [6.45, 7) is 0. The largest absolute Gasteiger partial charge is 0.309 e. The van der Waals surface area contributed by atoms with E-state index < -0.39 is 0 Å². The molecule has 0 fully saturated rings. The number of nitrogens with zero attached hydrogens (tertiary/aromatic N) is 12. The number of benzene rings is 15. The molecule has 0 saturated carbocycles. The maximum absolute atomic E-state index is 5.31. The standard InChI is InChI=1S/C41H24N4S.C35H20N4S.C33H18N4S/c1-3-11-25(12-4-1)38-31-23-27(19-20-33(31)43-41(44-38)26-13-5-2-6-14-26)45-34-17-9-7-15-29(34)36-28-21-22-42-24-32(28)40-37(39(36)45)30-16-8-10-18-35(30)46-40;1-2-10-21(11-3-1)34-37-27-15-7-4-12-23(27)35(38-34)39-28-16-8-5-13-24(28)30-22-18-19-36-20-26(22)33-31(32(30)39)25-14-6-9-17-29(25)40-33;1-3-9-25-22(7-1)28-21-15-17-34-18-24(21)33-29(23-8-2-4-10-26(23)38-33)32(28)37(25)27-14-13-20-12-11-19-6-5-16-35-30(19)31(20)36-27/h1-24H;1-20H;1-18H. The quantitative estimate of drug-likeness (QED) is 0.149. The molecule has 0 spiro atoms. The first-order valence-corrected chi connectivity index (χ1v) is 43.7. The van der Waals surface area contributed by atoms with Crippen LogP contribution in [0.15, 0.2) is 377 Å². The Balaban J connectivity index is 0.0000001000. The van der Waals surface area contributed by atoms with Gasteiger partial charge in [0.25, 0.3) is 0 Å². The van der Waals surface area contributed by atoms with Gasteiger partial charge in [0.05, 0.1) is 60.9 Å². The lowest BCUT2D eigenvalue weighted by Gasteiger charge is -2.14. The Labute approximate surface area is 717 Å². The Hall–Kier alpha value is -15.9. The van der Waals surface area contributed by atoms with Crippen LogP contribution >= 0.6 is 34.0 Å². The monoisotopic (exact) mass is 1630 g/mol. The maximum atomic E-state index is 5.31. The molecule has 0 amide bonds. The Bertz CT molecular complexity index is 9360. The fourth-order valence-electron chi connectivity index (χ4n) is 19.3. The number of hydrogen-bond donors (Lipinski definition) is 0. The summed E-state index contributed by atoms with van der Waals surface area (Å²) in [6.07, 6.45) is 13.6. The van der Waals surface area contributed by atoms with Gasteiger partial charge in [0.15, 0.2) is 11.6 Å². The molecule has 0 aliphatic carbocycles. The average Bonchev–Trinajstić information content (AvgIpc) is 1.58. The maximum Gasteiger partial charge on any atom is 0.162 e. The average molecular weight is 1640 g/mol. The van der Waals surface area contributed by atoms with Crippen molar-refractivity contribution in [2.45, 2.75) is 0 Å². The number of fused-ring (bicyclic) bond motifs is 35. The van der Waals surface area contributed by atoms with Gasteiger partial charge >= 0.3 is 0 Å². The smallest absolute Gasteiger partial charge is 0.162 e. The van der Waals surface area contributed by atoms with Gasteiger partial charge in [-0.15, -0.1) is 34.0 Å². The SMILES string of the molecule is c1ccc(-c2nc(-c3ccccc3)c3cc(-n4c5ccccc5c5c6ccncc6c6sc7ccccc7c6c54)ccc3n2)cc1.c1ccc(-c2nc(-n3c4ccccc4c4c5ccncc5c5sc6ccccc6c5c43)c3ccccc3n2)cc1.c1cnc2c(c1)ccc1ccc(-n3c4ccccc4c4c5ccncc5c5sc6ccccc6c5c43)nc12. The highest BCUT2D eigenvalue weighted by molar-refractivity contribution is 7.28. The fraction of sp³-hybridized carbons (Fsp3) is 0. The van der Waals surface area contributed by atoms with Crippen molar-refractivity contribution >= 4 is 236 Å². The highest BCUT2D eigenvalue weighted by atomic mass is 32.1. The van der Waals surface area contributed by atoms with Gasteiger partial charge in [-0.25, -0.2) is 24.9 Å². The predicted octanol–water partition coefficient (Wildman–Crippen LogP) is 29.1. The molecular weight excluding hydrogens is 1570 g/mol. The zero-order valence-electron chi connectivity index (χ0n) is 65.9. The minimum atomic E-state index is 0.719. The van der Waals surface area contributed by atoms with Crippen LogP contribution < -0.4 is 0 Å². The van der Waals surface area contributed by atoms with E-state index in [1.54, 1.807) is 0 Å². The molecule has 13 heterocycles. The van der Waals surface area contributed by atoms with Crippen LogP contribution in [0.3, 0.4) is 0 Å². The number of rotatable bonds is 6. The van der Waals surface area contributed by atoms with Crippen molar-refractivity contribution in [3.05, 3.63) is 377 Å². The topological polar surface area (TPSA) is 131 Å². The third-order valence-electron chi connectivity index (χ3n) is 24.6. The fourth-order valence-corrected chi connectivity index (χ4v) is 23.0. The number of thiophene rings is 3. The van der Waals surface area contributed by atoms with E-state index in [0.29, 0.717) is 0 Å². The van der Waals surface area contributed by atoms with E-state index in [1.165, 1.54) is 147 Å². The summed E-state index contributed by atoms with van der Waals surface area (Å²) in [4.78, 5) is 44.2. The summed E-state index contributed by atoms with van der Waals surface area (Å²) in [5, 5.41) is 26.4. The molecule has 0 N–H and O–H groups in total. The first-order valence-electron chi connectivity index (χ1n) is 41.3. The van der Waals surface area contributed by atoms with Crippen LogP contribution in [0, 0.1) is 0 Å². The molecule has 0 unspecified atom stereocenters. The summed E-state index contributed by atoms with van der Waals surface area (Å²) in [7, 11) is 0. The van der Waals surface area contributed by atoms with E-state index in [2.05, 4.69) is 308 Å². The molecule has 0 aliphatic heterocycles. The van der Waals surface area contributed by atoms with Crippen LogP contribution in [0.5, 0.6) is 0 Å². The van der Waals surface area contributed by atoms with Crippen molar-refractivity contribution in [2.24, 2.45) is 0 Å². The van der Waals surface area contributed by atoms with E-state index in [-0.39, 0.29) is 0 Å². The highest BCUT2D eigenvalue weighted by Gasteiger charge is 2.29. The highest BCUT2D eigenvalue weighted by Crippen LogP contribution is 2.53. The van der Waals surface area contributed by atoms with Gasteiger partial charge in [-0.3, -0.25) is 29.1 Å². The van der Waals surface area contributed by atoms with Gasteiger partial charge in [-0.2, -0.15) is 0 Å². The Morgan fingerprint density at radius 1 is 0.242 bits per heavy atom. The lowest BCUT2D eigenvalue weighted by molar-refractivity contribution is 1.08. The van der Waals surface area contributed by atoms with Crippen molar-refractivity contribution in [1.29, 1.82) is 0 Å². The van der Waals surface area contributed by atoms with Crippen molar-refractivity contribution in [1.82, 2.24) is 58.6 Å². The lowest BCUT2D eigenvalue weighted by atomic mass is 10.0. The second kappa shape index (κ2) is 27.8. The summed E-state index contributed by atoms with van der Waals surface area (Å²) < 4.78 is 14.8. The van der Waals surface area contributed by atoms with Crippen LogP contribution in [-0.4, -0.2) is 58.6 Å². The number of aromatic nitrogens is 12. The molecule has 0 bridgehead atoms. The molecule has 0 radical (unpaired) electrons. The zero-order valence-corrected chi connectivity index (χ0v) is 68.3. The lowest BCUT2D eigenvalue weighted by Crippen LogP contribution is -2.03. The first-order chi connectivity index (χ1) is 61.6. The molecule has 0 atom stereocenters. The summed E-state index contributed by atoms with van der Waals surface area (Å²) in [6, 6.07) is 117. The molecule has 15 aromatic carbocycles.